The molecule has 0 atom stereocenters. The molecule has 2 heteroatoms. The van der Waals surface area contributed by atoms with Crippen LogP contribution in [0.15, 0.2) is 36.4 Å². The van der Waals surface area contributed by atoms with Gasteiger partial charge in [0, 0.05) is 0 Å². The third-order valence-electron chi connectivity index (χ3n) is 3.73. The molecule has 0 spiro atoms. The van der Waals surface area contributed by atoms with Crippen molar-refractivity contribution in [2.45, 2.75) is 33.8 Å². The number of hydrogen-bond donors (Lipinski definition) is 0. The molecule has 2 aromatic carbocycles. The van der Waals surface area contributed by atoms with Gasteiger partial charge in [0.15, 0.2) is 0 Å². The number of hydrogen-bond acceptors (Lipinski definition) is 2. The van der Waals surface area contributed by atoms with E-state index in [9.17, 15) is 0 Å². The molecule has 2 nitrogen and oxygen atoms in total. The highest BCUT2D eigenvalue weighted by Gasteiger charge is 2.07. The third kappa shape index (κ3) is 3.13. The Hall–Kier alpha value is -1.96. The molecule has 0 bridgehead atoms. The lowest BCUT2D eigenvalue weighted by Crippen LogP contribution is -1.99. The summed E-state index contributed by atoms with van der Waals surface area (Å²) in [5.74, 6) is 1.82. The molecular weight excluding hydrogens is 248 g/mol. The molecular formula is C18H22O2. The smallest absolute Gasteiger partial charge is 0.123 e. The second-order valence-corrected chi connectivity index (χ2v) is 4.97. The van der Waals surface area contributed by atoms with Gasteiger partial charge in [0.25, 0.3) is 0 Å². The van der Waals surface area contributed by atoms with Crippen LogP contribution >= 0.6 is 0 Å². The molecule has 0 radical (unpaired) electrons. The minimum absolute atomic E-state index is 0.594. The van der Waals surface area contributed by atoms with Crippen molar-refractivity contribution in [2.24, 2.45) is 0 Å². The molecule has 0 heterocycles. The van der Waals surface area contributed by atoms with Crippen LogP contribution in [0, 0.1) is 13.8 Å². The van der Waals surface area contributed by atoms with Crippen molar-refractivity contribution in [3.8, 4) is 11.5 Å². The zero-order chi connectivity index (χ0) is 14.5. The van der Waals surface area contributed by atoms with Gasteiger partial charge >= 0.3 is 0 Å². The van der Waals surface area contributed by atoms with Crippen LogP contribution in [0.1, 0.15) is 29.2 Å². The lowest BCUT2D eigenvalue weighted by Gasteiger charge is -2.14. The molecule has 0 aliphatic heterocycles. The maximum atomic E-state index is 5.92. The molecule has 0 saturated heterocycles. The third-order valence-corrected chi connectivity index (χ3v) is 3.73. The van der Waals surface area contributed by atoms with Gasteiger partial charge in [0.1, 0.15) is 18.1 Å². The van der Waals surface area contributed by atoms with E-state index < -0.39 is 0 Å². The van der Waals surface area contributed by atoms with Crippen LogP contribution in [0.2, 0.25) is 0 Å². The standard InChI is InChI=1S/C18H22O2/c1-5-15-6-8-16(9-7-15)12-20-18-11-10-17(19-4)13(2)14(18)3/h6-11H,5,12H2,1-4H3. The summed E-state index contributed by atoms with van der Waals surface area (Å²) < 4.78 is 11.2. The summed E-state index contributed by atoms with van der Waals surface area (Å²) in [5.41, 5.74) is 4.81. The quantitative estimate of drug-likeness (QED) is 0.799. The second kappa shape index (κ2) is 6.47. The zero-order valence-corrected chi connectivity index (χ0v) is 12.7. The minimum Gasteiger partial charge on any atom is -0.496 e. The van der Waals surface area contributed by atoms with Crippen LogP contribution in [0.4, 0.5) is 0 Å². The highest BCUT2D eigenvalue weighted by molar-refractivity contribution is 5.47. The Labute approximate surface area is 121 Å². The molecule has 2 rings (SSSR count). The summed E-state index contributed by atoms with van der Waals surface area (Å²) in [5, 5.41) is 0. The SMILES string of the molecule is CCc1ccc(COc2ccc(OC)c(C)c2C)cc1. The summed E-state index contributed by atoms with van der Waals surface area (Å²) in [7, 11) is 1.69. The number of rotatable bonds is 5. The first-order valence-corrected chi connectivity index (χ1v) is 7.00. The summed E-state index contributed by atoms with van der Waals surface area (Å²) in [4.78, 5) is 0. The molecule has 0 saturated carbocycles. The average molecular weight is 270 g/mol. The Morgan fingerprint density at radius 2 is 1.35 bits per heavy atom. The maximum Gasteiger partial charge on any atom is 0.123 e. The maximum absolute atomic E-state index is 5.92. The predicted octanol–water partition coefficient (Wildman–Crippen LogP) is 4.45. The van der Waals surface area contributed by atoms with Crippen molar-refractivity contribution >= 4 is 0 Å². The van der Waals surface area contributed by atoms with Crippen LogP contribution < -0.4 is 9.47 Å². The fourth-order valence-corrected chi connectivity index (χ4v) is 2.18. The highest BCUT2D eigenvalue weighted by Crippen LogP contribution is 2.29. The van der Waals surface area contributed by atoms with Gasteiger partial charge < -0.3 is 9.47 Å². The van der Waals surface area contributed by atoms with Gasteiger partial charge in [-0.3, -0.25) is 0 Å². The van der Waals surface area contributed by atoms with E-state index in [0.717, 1.165) is 29.0 Å². The molecule has 0 aromatic heterocycles. The van der Waals surface area contributed by atoms with Gasteiger partial charge in [-0.1, -0.05) is 31.2 Å². The van der Waals surface area contributed by atoms with Gasteiger partial charge in [-0.2, -0.15) is 0 Å². The van der Waals surface area contributed by atoms with Crippen LogP contribution in [0.3, 0.4) is 0 Å². The van der Waals surface area contributed by atoms with Crippen LogP contribution in [0.25, 0.3) is 0 Å². The largest absolute Gasteiger partial charge is 0.496 e. The lowest BCUT2D eigenvalue weighted by atomic mass is 10.1. The number of aryl methyl sites for hydroxylation is 1. The first-order chi connectivity index (χ1) is 9.65. The van der Waals surface area contributed by atoms with E-state index in [4.69, 9.17) is 9.47 Å². The molecule has 0 aliphatic rings. The normalized spacial score (nSPS) is 10.4. The first kappa shape index (κ1) is 14.4. The van der Waals surface area contributed by atoms with Crippen LogP contribution in [-0.2, 0) is 13.0 Å². The summed E-state index contributed by atoms with van der Waals surface area (Å²) in [6, 6.07) is 12.5. The van der Waals surface area contributed by atoms with E-state index in [1.807, 2.05) is 12.1 Å². The zero-order valence-electron chi connectivity index (χ0n) is 12.7. The van der Waals surface area contributed by atoms with Crippen molar-refractivity contribution in [3.05, 3.63) is 58.7 Å². The molecule has 0 N–H and O–H groups in total. The number of methoxy groups -OCH3 is 1. The lowest BCUT2D eigenvalue weighted by molar-refractivity contribution is 0.303. The Kier molecular flexibility index (Phi) is 4.67. The van der Waals surface area contributed by atoms with Gasteiger partial charge in [-0.05, 0) is 54.7 Å². The summed E-state index contributed by atoms with van der Waals surface area (Å²) in [6.45, 7) is 6.87. The molecule has 0 unspecified atom stereocenters. The number of benzene rings is 2. The van der Waals surface area contributed by atoms with E-state index in [2.05, 4.69) is 45.0 Å². The fraction of sp³-hybridized carbons (Fsp3) is 0.333. The van der Waals surface area contributed by atoms with Gasteiger partial charge in [0.2, 0.25) is 0 Å². The molecule has 2 aromatic rings. The van der Waals surface area contributed by atoms with Crippen molar-refractivity contribution < 1.29 is 9.47 Å². The van der Waals surface area contributed by atoms with Gasteiger partial charge in [-0.25, -0.2) is 0 Å². The van der Waals surface area contributed by atoms with Crippen molar-refractivity contribution in [1.82, 2.24) is 0 Å². The van der Waals surface area contributed by atoms with Crippen molar-refractivity contribution in [3.63, 3.8) is 0 Å². The van der Waals surface area contributed by atoms with Gasteiger partial charge in [0.05, 0.1) is 7.11 Å². The Morgan fingerprint density at radius 1 is 0.800 bits per heavy atom. The van der Waals surface area contributed by atoms with Crippen molar-refractivity contribution in [1.29, 1.82) is 0 Å². The predicted molar refractivity (Wildman–Crippen MR) is 82.6 cm³/mol. The van der Waals surface area contributed by atoms with E-state index in [0.29, 0.717) is 6.61 Å². The topological polar surface area (TPSA) is 18.5 Å². The van der Waals surface area contributed by atoms with Crippen LogP contribution in [0.5, 0.6) is 11.5 Å². The van der Waals surface area contributed by atoms with E-state index in [-0.39, 0.29) is 0 Å². The van der Waals surface area contributed by atoms with E-state index in [1.54, 1.807) is 7.11 Å². The Morgan fingerprint density at radius 3 is 1.95 bits per heavy atom. The molecule has 0 fully saturated rings. The Balaban J connectivity index is 2.08. The monoisotopic (exact) mass is 270 g/mol. The van der Waals surface area contributed by atoms with Crippen LogP contribution in [-0.4, -0.2) is 7.11 Å². The first-order valence-electron chi connectivity index (χ1n) is 7.00. The summed E-state index contributed by atoms with van der Waals surface area (Å²) >= 11 is 0. The fourth-order valence-electron chi connectivity index (χ4n) is 2.18. The molecule has 20 heavy (non-hydrogen) atoms. The molecule has 106 valence electrons. The van der Waals surface area contributed by atoms with E-state index >= 15 is 0 Å². The van der Waals surface area contributed by atoms with E-state index in [1.165, 1.54) is 11.1 Å². The molecule has 0 amide bonds. The minimum atomic E-state index is 0.594. The second-order valence-electron chi connectivity index (χ2n) is 4.97. The molecule has 0 aliphatic carbocycles. The summed E-state index contributed by atoms with van der Waals surface area (Å²) in [6.07, 6.45) is 1.07. The Bertz CT molecular complexity index is 571. The highest BCUT2D eigenvalue weighted by atomic mass is 16.5. The van der Waals surface area contributed by atoms with Crippen molar-refractivity contribution in [2.75, 3.05) is 7.11 Å². The number of ether oxygens (including phenoxy) is 2. The van der Waals surface area contributed by atoms with Gasteiger partial charge in [-0.15, -0.1) is 0 Å². The average Bonchev–Trinajstić information content (AvgIpc) is 2.49.